The van der Waals surface area contributed by atoms with Crippen LogP contribution in [0.1, 0.15) is 37.0 Å². The molecule has 3 aromatic carbocycles. The van der Waals surface area contributed by atoms with Gasteiger partial charge in [-0.2, -0.15) is 0 Å². The molecule has 1 N–H and O–H groups in total. The highest BCUT2D eigenvalue weighted by atomic mass is 19.1. The van der Waals surface area contributed by atoms with E-state index in [0.29, 0.717) is 17.0 Å². The van der Waals surface area contributed by atoms with Gasteiger partial charge < -0.3 is 14.8 Å². The third kappa shape index (κ3) is 6.15. The van der Waals surface area contributed by atoms with Gasteiger partial charge in [-0.25, -0.2) is 9.18 Å². The van der Waals surface area contributed by atoms with Crippen LogP contribution in [-0.4, -0.2) is 18.5 Å². The second kappa shape index (κ2) is 10.4. The molecule has 31 heavy (non-hydrogen) atoms. The standard InChI is InChI=1S/C25H24FNO4/c1-17(2)21-10-6-7-11-22(21)30-16-23(28)31-24(18-8-4-3-5-9-18)25(29)27-20-14-12-19(26)13-15-20/h3-15,17,24H,16H2,1-2H3,(H,27,29)/t24-/m0/s1. The Balaban J connectivity index is 1.70. The van der Waals surface area contributed by atoms with E-state index in [1.807, 2.05) is 32.0 Å². The maximum atomic E-state index is 13.1. The van der Waals surface area contributed by atoms with Crippen LogP contribution in [0.4, 0.5) is 10.1 Å². The lowest BCUT2D eigenvalue weighted by Gasteiger charge is -2.19. The Morgan fingerprint density at radius 3 is 2.23 bits per heavy atom. The van der Waals surface area contributed by atoms with E-state index in [1.165, 1.54) is 24.3 Å². The Bertz CT molecular complexity index is 1020. The minimum absolute atomic E-state index is 0.228. The molecule has 1 amide bonds. The zero-order valence-corrected chi connectivity index (χ0v) is 17.4. The molecule has 3 aromatic rings. The number of hydrogen-bond acceptors (Lipinski definition) is 4. The predicted octanol–water partition coefficient (Wildman–Crippen LogP) is 5.25. The molecule has 0 saturated heterocycles. The second-order valence-corrected chi connectivity index (χ2v) is 7.26. The van der Waals surface area contributed by atoms with Crippen molar-refractivity contribution in [3.8, 4) is 5.75 Å². The summed E-state index contributed by atoms with van der Waals surface area (Å²) in [7, 11) is 0. The van der Waals surface area contributed by atoms with Gasteiger partial charge in [0.15, 0.2) is 6.61 Å². The summed E-state index contributed by atoms with van der Waals surface area (Å²) in [6.07, 6.45) is -1.18. The Kier molecular flexibility index (Phi) is 7.38. The van der Waals surface area contributed by atoms with Crippen LogP contribution < -0.4 is 10.1 Å². The molecular formula is C25H24FNO4. The van der Waals surface area contributed by atoms with Crippen molar-refractivity contribution in [3.05, 3.63) is 95.8 Å². The van der Waals surface area contributed by atoms with Crippen LogP contribution in [0.5, 0.6) is 5.75 Å². The zero-order valence-electron chi connectivity index (χ0n) is 17.4. The molecule has 160 valence electrons. The van der Waals surface area contributed by atoms with Gasteiger partial charge in [0.1, 0.15) is 11.6 Å². The molecule has 0 bridgehead atoms. The molecule has 1 atom stereocenters. The van der Waals surface area contributed by atoms with Gasteiger partial charge in [0.05, 0.1) is 0 Å². The summed E-state index contributed by atoms with van der Waals surface area (Å²) in [4.78, 5) is 25.3. The molecule has 5 nitrogen and oxygen atoms in total. The summed E-state index contributed by atoms with van der Waals surface area (Å²) in [5.74, 6) is -0.814. The number of esters is 1. The number of carbonyl (C=O) groups is 2. The summed E-state index contributed by atoms with van der Waals surface area (Å²) < 4.78 is 24.3. The van der Waals surface area contributed by atoms with Crippen molar-refractivity contribution < 1.29 is 23.5 Å². The number of anilines is 1. The number of halogens is 1. The first-order chi connectivity index (χ1) is 14.9. The molecule has 0 saturated carbocycles. The first-order valence-electron chi connectivity index (χ1n) is 9.96. The fourth-order valence-electron chi connectivity index (χ4n) is 3.03. The van der Waals surface area contributed by atoms with Crippen LogP contribution in [0, 0.1) is 5.82 Å². The van der Waals surface area contributed by atoms with Crippen molar-refractivity contribution in [2.45, 2.75) is 25.9 Å². The van der Waals surface area contributed by atoms with Gasteiger partial charge in [0, 0.05) is 11.3 Å². The van der Waals surface area contributed by atoms with Gasteiger partial charge >= 0.3 is 5.97 Å². The van der Waals surface area contributed by atoms with E-state index in [4.69, 9.17) is 9.47 Å². The summed E-state index contributed by atoms with van der Waals surface area (Å²) >= 11 is 0. The molecule has 0 heterocycles. The average molecular weight is 421 g/mol. The molecule has 0 aliphatic rings. The van der Waals surface area contributed by atoms with Gasteiger partial charge in [-0.15, -0.1) is 0 Å². The maximum Gasteiger partial charge on any atom is 0.345 e. The highest BCUT2D eigenvalue weighted by Gasteiger charge is 2.25. The third-order valence-corrected chi connectivity index (χ3v) is 4.59. The van der Waals surface area contributed by atoms with Gasteiger partial charge in [0.25, 0.3) is 5.91 Å². The molecule has 0 aromatic heterocycles. The van der Waals surface area contributed by atoms with E-state index >= 15 is 0 Å². The van der Waals surface area contributed by atoms with Crippen LogP contribution in [0.3, 0.4) is 0 Å². The van der Waals surface area contributed by atoms with Crippen LogP contribution in [-0.2, 0) is 14.3 Å². The van der Waals surface area contributed by atoms with E-state index in [2.05, 4.69) is 5.32 Å². The van der Waals surface area contributed by atoms with E-state index in [9.17, 15) is 14.0 Å². The van der Waals surface area contributed by atoms with Crippen molar-refractivity contribution >= 4 is 17.6 Å². The van der Waals surface area contributed by atoms with Crippen LogP contribution in [0.25, 0.3) is 0 Å². The first-order valence-corrected chi connectivity index (χ1v) is 9.96. The first kappa shape index (κ1) is 22.0. The molecule has 6 heteroatoms. The Hall–Kier alpha value is -3.67. The van der Waals surface area contributed by atoms with Crippen molar-refractivity contribution in [2.75, 3.05) is 11.9 Å². The zero-order chi connectivity index (χ0) is 22.2. The Morgan fingerprint density at radius 2 is 1.55 bits per heavy atom. The predicted molar refractivity (Wildman–Crippen MR) is 116 cm³/mol. The highest BCUT2D eigenvalue weighted by molar-refractivity contribution is 5.96. The summed E-state index contributed by atoms with van der Waals surface area (Å²) in [6, 6.07) is 21.5. The lowest BCUT2D eigenvalue weighted by atomic mass is 10.0. The van der Waals surface area contributed by atoms with E-state index in [-0.39, 0.29) is 12.5 Å². The van der Waals surface area contributed by atoms with E-state index in [0.717, 1.165) is 5.56 Å². The molecule has 0 spiro atoms. The quantitative estimate of drug-likeness (QED) is 0.505. The number of benzene rings is 3. The van der Waals surface area contributed by atoms with Crippen molar-refractivity contribution in [1.29, 1.82) is 0 Å². The second-order valence-electron chi connectivity index (χ2n) is 7.26. The van der Waals surface area contributed by atoms with Gasteiger partial charge in [-0.05, 0) is 41.8 Å². The van der Waals surface area contributed by atoms with Crippen molar-refractivity contribution in [3.63, 3.8) is 0 Å². The van der Waals surface area contributed by atoms with E-state index < -0.39 is 23.8 Å². The Morgan fingerprint density at radius 1 is 0.903 bits per heavy atom. The van der Waals surface area contributed by atoms with Gasteiger partial charge in [0.2, 0.25) is 6.10 Å². The largest absolute Gasteiger partial charge is 0.482 e. The lowest BCUT2D eigenvalue weighted by Crippen LogP contribution is -2.28. The van der Waals surface area contributed by atoms with Crippen LogP contribution in [0.15, 0.2) is 78.9 Å². The lowest BCUT2D eigenvalue weighted by molar-refractivity contribution is -0.156. The fourth-order valence-corrected chi connectivity index (χ4v) is 3.03. The number of rotatable bonds is 8. The SMILES string of the molecule is CC(C)c1ccccc1OCC(=O)O[C@H](C(=O)Nc1ccc(F)cc1)c1ccccc1. The van der Waals surface area contributed by atoms with Crippen molar-refractivity contribution in [2.24, 2.45) is 0 Å². The van der Waals surface area contributed by atoms with Crippen LogP contribution in [0.2, 0.25) is 0 Å². The van der Waals surface area contributed by atoms with E-state index in [1.54, 1.807) is 36.4 Å². The molecule has 0 fully saturated rings. The molecule has 0 radical (unpaired) electrons. The normalized spacial score (nSPS) is 11.6. The highest BCUT2D eigenvalue weighted by Crippen LogP contribution is 2.26. The van der Waals surface area contributed by atoms with Gasteiger partial charge in [-0.1, -0.05) is 62.4 Å². The number of carbonyl (C=O) groups excluding carboxylic acids is 2. The molecule has 0 aliphatic heterocycles. The smallest absolute Gasteiger partial charge is 0.345 e. The minimum Gasteiger partial charge on any atom is -0.482 e. The number of para-hydroxylation sites is 1. The number of ether oxygens (including phenoxy) is 2. The monoisotopic (exact) mass is 421 g/mol. The third-order valence-electron chi connectivity index (χ3n) is 4.59. The summed E-state index contributed by atoms with van der Waals surface area (Å²) in [5.41, 5.74) is 1.88. The fraction of sp³-hybridized carbons (Fsp3) is 0.200. The number of hydrogen-bond donors (Lipinski definition) is 1. The van der Waals surface area contributed by atoms with Crippen molar-refractivity contribution in [1.82, 2.24) is 0 Å². The van der Waals surface area contributed by atoms with Crippen LogP contribution >= 0.6 is 0 Å². The molecule has 0 aliphatic carbocycles. The minimum atomic E-state index is -1.18. The molecule has 3 rings (SSSR count). The Labute approximate surface area is 180 Å². The number of amides is 1. The van der Waals surface area contributed by atoms with Gasteiger partial charge in [-0.3, -0.25) is 4.79 Å². The topological polar surface area (TPSA) is 64.6 Å². The summed E-state index contributed by atoms with van der Waals surface area (Å²) in [5, 5.41) is 2.65. The average Bonchev–Trinajstić information content (AvgIpc) is 2.78. The number of nitrogens with one attached hydrogen (secondary N) is 1. The molecular weight excluding hydrogens is 397 g/mol. The molecule has 0 unspecified atom stereocenters. The maximum absolute atomic E-state index is 13.1. The summed E-state index contributed by atoms with van der Waals surface area (Å²) in [6.45, 7) is 3.73.